The molecule has 0 aromatic heterocycles. The molecule has 0 aliphatic heterocycles. The van der Waals surface area contributed by atoms with Crippen LogP contribution in [0, 0.1) is 0 Å². The molecule has 0 fully saturated rings. The monoisotopic (exact) mass is 195 g/mol. The minimum absolute atomic E-state index is 0.112. The molecule has 0 rings (SSSR count). The molecule has 0 heterocycles. The third-order valence-corrected chi connectivity index (χ3v) is 2.67. The van der Waals surface area contributed by atoms with Crippen LogP contribution in [0.2, 0.25) is 0 Å². The molecule has 4 N–H and O–H groups in total. The molecule has 74 valence electrons. The summed E-state index contributed by atoms with van der Waals surface area (Å²) < 4.78 is 26.9. The third kappa shape index (κ3) is 5.48. The molecule has 0 aliphatic rings. The number of nitrogens with two attached hydrogens (primary N) is 1. The number of hydrogen-bond donors (Lipinski definition) is 3. The van der Waals surface area contributed by atoms with Crippen molar-refractivity contribution in [1.82, 2.24) is 9.44 Å². The maximum atomic E-state index is 11.1. The van der Waals surface area contributed by atoms with Crippen LogP contribution < -0.4 is 15.2 Å². The van der Waals surface area contributed by atoms with E-state index in [4.69, 9.17) is 5.73 Å². The normalized spacial score (nSPS) is 14.6. The van der Waals surface area contributed by atoms with Crippen molar-refractivity contribution in [2.24, 2.45) is 5.73 Å². The summed E-state index contributed by atoms with van der Waals surface area (Å²) in [4.78, 5) is 0. The molecule has 0 saturated carbocycles. The van der Waals surface area contributed by atoms with Gasteiger partial charge in [0, 0.05) is 12.6 Å². The van der Waals surface area contributed by atoms with Gasteiger partial charge < -0.3 is 5.73 Å². The molecule has 1 atom stereocenters. The molecule has 5 nitrogen and oxygen atoms in total. The lowest BCUT2D eigenvalue weighted by Crippen LogP contribution is -2.42. The zero-order valence-corrected chi connectivity index (χ0v) is 8.32. The molecule has 1 unspecified atom stereocenters. The first kappa shape index (κ1) is 11.8. The Hall–Kier alpha value is -0.170. The lowest BCUT2D eigenvalue weighted by Gasteiger charge is -2.12. The van der Waals surface area contributed by atoms with Gasteiger partial charge in [0.05, 0.1) is 0 Å². The minimum Gasteiger partial charge on any atom is -0.330 e. The van der Waals surface area contributed by atoms with E-state index in [1.54, 1.807) is 13.8 Å². The Morgan fingerprint density at radius 3 is 2.50 bits per heavy atom. The molecule has 0 aromatic carbocycles. The first-order valence-corrected chi connectivity index (χ1v) is 5.47. The molecule has 0 aliphatic carbocycles. The van der Waals surface area contributed by atoms with Crippen molar-refractivity contribution in [3.8, 4) is 0 Å². The fourth-order valence-corrected chi connectivity index (χ4v) is 1.92. The molecular weight excluding hydrogens is 178 g/mol. The van der Waals surface area contributed by atoms with E-state index >= 15 is 0 Å². The largest absolute Gasteiger partial charge is 0.330 e. The summed E-state index contributed by atoms with van der Waals surface area (Å²) in [5.41, 5.74) is 5.27. The first-order valence-electron chi connectivity index (χ1n) is 3.98. The van der Waals surface area contributed by atoms with Gasteiger partial charge in [0.15, 0.2) is 0 Å². The Labute approximate surface area is 73.9 Å². The summed E-state index contributed by atoms with van der Waals surface area (Å²) >= 11 is 0. The molecule has 0 aromatic rings. The fraction of sp³-hybridized carbons (Fsp3) is 1.00. The van der Waals surface area contributed by atoms with E-state index in [0.29, 0.717) is 19.5 Å². The van der Waals surface area contributed by atoms with Gasteiger partial charge in [-0.2, -0.15) is 13.1 Å². The van der Waals surface area contributed by atoms with E-state index in [1.807, 2.05) is 0 Å². The van der Waals surface area contributed by atoms with E-state index in [1.165, 1.54) is 0 Å². The van der Waals surface area contributed by atoms with Crippen LogP contribution in [0.15, 0.2) is 0 Å². The Kier molecular flexibility index (Phi) is 5.39. The predicted molar refractivity (Wildman–Crippen MR) is 48.9 cm³/mol. The highest BCUT2D eigenvalue weighted by atomic mass is 32.2. The third-order valence-electron chi connectivity index (χ3n) is 1.29. The molecular formula is C6H17N3O2S. The van der Waals surface area contributed by atoms with Crippen LogP contribution in [0.5, 0.6) is 0 Å². The minimum atomic E-state index is -3.31. The summed E-state index contributed by atoms with van der Waals surface area (Å²) in [6.07, 6.45) is 0.643. The number of nitrogens with one attached hydrogen (secondary N) is 2. The molecule has 0 spiro atoms. The summed E-state index contributed by atoms with van der Waals surface area (Å²) in [7, 11) is -3.31. The summed E-state index contributed by atoms with van der Waals surface area (Å²) in [5.74, 6) is 0. The Morgan fingerprint density at radius 1 is 1.50 bits per heavy atom. The molecule has 0 amide bonds. The lowest BCUT2D eigenvalue weighted by molar-refractivity contribution is 0.539. The van der Waals surface area contributed by atoms with Crippen LogP contribution in [0.25, 0.3) is 0 Å². The Balaban J connectivity index is 3.89. The molecule has 0 bridgehead atoms. The predicted octanol–water partition coefficient (Wildman–Crippen LogP) is -0.832. The quantitative estimate of drug-likeness (QED) is 0.517. The summed E-state index contributed by atoms with van der Waals surface area (Å²) in [6, 6.07) is -0.112. The van der Waals surface area contributed by atoms with Crippen molar-refractivity contribution < 1.29 is 8.42 Å². The standard InChI is InChI=1S/C6H17N3O2S/c1-3-8-12(10,11)9-6(2)4-5-7/h6,8-9H,3-5,7H2,1-2H3. The van der Waals surface area contributed by atoms with Crippen LogP contribution in [0.4, 0.5) is 0 Å². The van der Waals surface area contributed by atoms with Gasteiger partial charge in [-0.05, 0) is 19.9 Å². The van der Waals surface area contributed by atoms with Crippen LogP contribution in [-0.4, -0.2) is 27.5 Å². The number of rotatable bonds is 6. The van der Waals surface area contributed by atoms with Crippen LogP contribution in [-0.2, 0) is 10.2 Å². The van der Waals surface area contributed by atoms with Gasteiger partial charge in [-0.3, -0.25) is 0 Å². The van der Waals surface area contributed by atoms with Crippen molar-refractivity contribution in [2.45, 2.75) is 26.3 Å². The second-order valence-electron chi connectivity index (χ2n) is 2.60. The van der Waals surface area contributed by atoms with Crippen LogP contribution in [0.3, 0.4) is 0 Å². The summed E-state index contributed by atoms with van der Waals surface area (Å²) in [6.45, 7) is 4.38. The van der Waals surface area contributed by atoms with Gasteiger partial charge in [0.1, 0.15) is 0 Å². The molecule has 0 saturated heterocycles. The topological polar surface area (TPSA) is 84.2 Å². The Morgan fingerprint density at radius 2 is 2.08 bits per heavy atom. The highest BCUT2D eigenvalue weighted by molar-refractivity contribution is 7.87. The average molecular weight is 195 g/mol. The lowest BCUT2D eigenvalue weighted by atomic mass is 10.3. The maximum Gasteiger partial charge on any atom is 0.277 e. The Bertz CT molecular complexity index is 203. The fourth-order valence-electron chi connectivity index (χ4n) is 0.805. The van der Waals surface area contributed by atoms with Gasteiger partial charge in [0.25, 0.3) is 10.2 Å². The average Bonchev–Trinajstić information content (AvgIpc) is 1.85. The molecule has 0 radical (unpaired) electrons. The SMILES string of the molecule is CCNS(=O)(=O)NC(C)CCN. The maximum absolute atomic E-state index is 11.1. The van der Waals surface area contributed by atoms with Gasteiger partial charge >= 0.3 is 0 Å². The van der Waals surface area contributed by atoms with Gasteiger partial charge in [-0.15, -0.1) is 0 Å². The van der Waals surface area contributed by atoms with Gasteiger partial charge in [0.2, 0.25) is 0 Å². The van der Waals surface area contributed by atoms with Gasteiger partial charge in [-0.1, -0.05) is 6.92 Å². The highest BCUT2D eigenvalue weighted by Gasteiger charge is 2.11. The number of hydrogen-bond acceptors (Lipinski definition) is 3. The van der Waals surface area contributed by atoms with E-state index in [2.05, 4.69) is 9.44 Å². The van der Waals surface area contributed by atoms with Gasteiger partial charge in [-0.25, -0.2) is 4.72 Å². The van der Waals surface area contributed by atoms with Crippen LogP contribution >= 0.6 is 0 Å². The second kappa shape index (κ2) is 5.47. The van der Waals surface area contributed by atoms with Crippen molar-refractivity contribution in [1.29, 1.82) is 0 Å². The first-order chi connectivity index (χ1) is 5.52. The highest BCUT2D eigenvalue weighted by Crippen LogP contribution is 1.89. The zero-order valence-electron chi connectivity index (χ0n) is 7.50. The van der Waals surface area contributed by atoms with Crippen LogP contribution in [0.1, 0.15) is 20.3 Å². The molecule has 6 heteroatoms. The van der Waals surface area contributed by atoms with Crippen molar-refractivity contribution in [3.63, 3.8) is 0 Å². The molecule has 12 heavy (non-hydrogen) atoms. The van der Waals surface area contributed by atoms with E-state index < -0.39 is 10.2 Å². The smallest absolute Gasteiger partial charge is 0.277 e. The summed E-state index contributed by atoms with van der Waals surface area (Å²) in [5, 5.41) is 0. The second-order valence-corrected chi connectivity index (χ2v) is 4.13. The van der Waals surface area contributed by atoms with E-state index in [-0.39, 0.29) is 6.04 Å². The van der Waals surface area contributed by atoms with E-state index in [9.17, 15) is 8.42 Å². The van der Waals surface area contributed by atoms with Crippen molar-refractivity contribution in [3.05, 3.63) is 0 Å². The van der Waals surface area contributed by atoms with E-state index in [0.717, 1.165) is 0 Å². The zero-order chi connectivity index (χ0) is 9.61. The van der Waals surface area contributed by atoms with Crippen molar-refractivity contribution in [2.75, 3.05) is 13.1 Å². The van der Waals surface area contributed by atoms with Crippen molar-refractivity contribution >= 4 is 10.2 Å².